The average Bonchev–Trinajstić information content (AvgIpc) is 2.46. The maximum Gasteiger partial charge on any atom is 0.243 e. The lowest BCUT2D eigenvalue weighted by molar-refractivity contribution is -0.114. The Hall–Kier alpha value is -2.20. The predicted molar refractivity (Wildman–Crippen MR) is 91.0 cm³/mol. The van der Waals surface area contributed by atoms with E-state index in [1.807, 2.05) is 44.2 Å². The van der Waals surface area contributed by atoms with Crippen LogP contribution in [0, 0.1) is 13.8 Å². The highest BCUT2D eigenvalue weighted by atomic mass is 35.5. The van der Waals surface area contributed by atoms with Gasteiger partial charge in [0.15, 0.2) is 0 Å². The Bertz CT molecular complexity index is 663. The minimum atomic E-state index is -0.149. The van der Waals surface area contributed by atoms with Crippen LogP contribution in [-0.2, 0) is 4.79 Å². The van der Waals surface area contributed by atoms with Gasteiger partial charge in [0, 0.05) is 11.8 Å². The van der Waals surface area contributed by atoms with Crippen LogP contribution in [0.1, 0.15) is 11.1 Å². The summed E-state index contributed by atoms with van der Waals surface area (Å²) in [5, 5.41) is 6.51. The molecule has 0 spiro atoms. The molecule has 2 N–H and O–H groups in total. The molecule has 0 saturated heterocycles. The summed E-state index contributed by atoms with van der Waals surface area (Å²) in [5.41, 5.74) is 3.58. The second-order valence-electron chi connectivity index (χ2n) is 5.07. The quantitative estimate of drug-likeness (QED) is 0.875. The van der Waals surface area contributed by atoms with Crippen LogP contribution < -0.4 is 15.4 Å². The standard InChI is InChI=1S/C17H19ClN2O2/c1-11-7-12(2)17(15(18)8-11)19-10-16(21)20-13-5-4-6-14(9-13)22-3/h4-9,19H,10H2,1-3H3,(H,20,21). The van der Waals surface area contributed by atoms with Crippen molar-refractivity contribution in [3.63, 3.8) is 0 Å². The van der Waals surface area contributed by atoms with Crippen LogP contribution in [0.4, 0.5) is 11.4 Å². The van der Waals surface area contributed by atoms with Crippen molar-refractivity contribution in [3.05, 3.63) is 52.5 Å². The molecule has 0 unspecified atom stereocenters. The highest BCUT2D eigenvalue weighted by molar-refractivity contribution is 6.33. The lowest BCUT2D eigenvalue weighted by atomic mass is 10.1. The van der Waals surface area contributed by atoms with Gasteiger partial charge >= 0.3 is 0 Å². The highest BCUT2D eigenvalue weighted by Gasteiger charge is 2.08. The van der Waals surface area contributed by atoms with Crippen molar-refractivity contribution in [1.29, 1.82) is 0 Å². The van der Waals surface area contributed by atoms with E-state index in [4.69, 9.17) is 16.3 Å². The third-order valence-electron chi connectivity index (χ3n) is 3.21. The van der Waals surface area contributed by atoms with Gasteiger partial charge in [-0.2, -0.15) is 0 Å². The zero-order chi connectivity index (χ0) is 16.1. The number of hydrogen-bond acceptors (Lipinski definition) is 3. The van der Waals surface area contributed by atoms with Crippen LogP contribution in [-0.4, -0.2) is 19.6 Å². The first-order chi connectivity index (χ1) is 10.5. The maximum absolute atomic E-state index is 12.0. The van der Waals surface area contributed by atoms with E-state index in [0.717, 1.165) is 16.8 Å². The molecular weight excluding hydrogens is 300 g/mol. The van der Waals surface area contributed by atoms with Crippen LogP contribution in [0.15, 0.2) is 36.4 Å². The van der Waals surface area contributed by atoms with Crippen LogP contribution in [0.25, 0.3) is 0 Å². The van der Waals surface area contributed by atoms with Gasteiger partial charge in [0.25, 0.3) is 0 Å². The third kappa shape index (κ3) is 4.15. The molecular formula is C17H19ClN2O2. The molecule has 116 valence electrons. The molecule has 0 heterocycles. The fourth-order valence-electron chi connectivity index (χ4n) is 2.21. The summed E-state index contributed by atoms with van der Waals surface area (Å²) >= 11 is 6.21. The molecule has 0 radical (unpaired) electrons. The summed E-state index contributed by atoms with van der Waals surface area (Å²) in [6.07, 6.45) is 0. The van der Waals surface area contributed by atoms with Crippen LogP contribution >= 0.6 is 11.6 Å². The number of anilines is 2. The fraction of sp³-hybridized carbons (Fsp3) is 0.235. The summed E-state index contributed by atoms with van der Waals surface area (Å²) in [7, 11) is 1.59. The van der Waals surface area contributed by atoms with Crippen molar-refractivity contribution >= 4 is 28.9 Å². The number of nitrogens with one attached hydrogen (secondary N) is 2. The van der Waals surface area contributed by atoms with E-state index in [-0.39, 0.29) is 12.5 Å². The van der Waals surface area contributed by atoms with Gasteiger partial charge in [-0.15, -0.1) is 0 Å². The number of halogens is 1. The van der Waals surface area contributed by atoms with Crippen LogP contribution in [0.3, 0.4) is 0 Å². The molecule has 0 fully saturated rings. The van der Waals surface area contributed by atoms with Gasteiger partial charge in [-0.25, -0.2) is 0 Å². The van der Waals surface area contributed by atoms with Crippen molar-refractivity contribution < 1.29 is 9.53 Å². The minimum Gasteiger partial charge on any atom is -0.497 e. The molecule has 0 aromatic heterocycles. The van der Waals surface area contributed by atoms with Crippen LogP contribution in [0.5, 0.6) is 5.75 Å². The first kappa shape index (κ1) is 16.2. The number of methoxy groups -OCH3 is 1. The van der Waals surface area contributed by atoms with Crippen molar-refractivity contribution in [2.24, 2.45) is 0 Å². The van der Waals surface area contributed by atoms with Crippen molar-refractivity contribution in [2.75, 3.05) is 24.3 Å². The lowest BCUT2D eigenvalue weighted by Gasteiger charge is -2.13. The molecule has 5 heteroatoms. The van der Waals surface area contributed by atoms with Gasteiger partial charge in [0.1, 0.15) is 5.75 Å². The van der Waals surface area contributed by atoms with Crippen molar-refractivity contribution in [1.82, 2.24) is 0 Å². The Kier molecular flexibility index (Phi) is 5.28. The summed E-state index contributed by atoms with van der Waals surface area (Å²) in [5.74, 6) is 0.549. The van der Waals surface area contributed by atoms with Gasteiger partial charge in [0.05, 0.1) is 24.4 Å². The lowest BCUT2D eigenvalue weighted by Crippen LogP contribution is -2.22. The predicted octanol–water partition coefficient (Wildman–Crippen LogP) is 4.02. The van der Waals surface area contributed by atoms with Gasteiger partial charge in [-0.05, 0) is 43.2 Å². The Balaban J connectivity index is 1.98. The molecule has 0 bridgehead atoms. The van der Waals surface area contributed by atoms with E-state index in [9.17, 15) is 4.79 Å². The maximum atomic E-state index is 12.0. The van der Waals surface area contributed by atoms with E-state index in [1.54, 1.807) is 13.2 Å². The Labute approximate surface area is 135 Å². The van der Waals surface area contributed by atoms with E-state index >= 15 is 0 Å². The van der Waals surface area contributed by atoms with Gasteiger partial charge in [-0.1, -0.05) is 23.7 Å². The Morgan fingerprint density at radius 2 is 2.00 bits per heavy atom. The second-order valence-corrected chi connectivity index (χ2v) is 5.48. The van der Waals surface area contributed by atoms with E-state index in [2.05, 4.69) is 10.6 Å². The molecule has 2 aromatic carbocycles. The van der Waals surface area contributed by atoms with E-state index in [0.29, 0.717) is 16.5 Å². The first-order valence-electron chi connectivity index (χ1n) is 6.94. The minimum absolute atomic E-state index is 0.140. The molecule has 0 aliphatic rings. The normalized spacial score (nSPS) is 10.2. The van der Waals surface area contributed by atoms with E-state index in [1.165, 1.54) is 0 Å². The Morgan fingerprint density at radius 1 is 1.23 bits per heavy atom. The molecule has 0 saturated carbocycles. The van der Waals surface area contributed by atoms with E-state index < -0.39 is 0 Å². The number of benzene rings is 2. The largest absolute Gasteiger partial charge is 0.497 e. The van der Waals surface area contributed by atoms with Gasteiger partial charge in [-0.3, -0.25) is 4.79 Å². The number of carbonyl (C=O) groups is 1. The number of hydrogen-bond donors (Lipinski definition) is 2. The first-order valence-corrected chi connectivity index (χ1v) is 7.32. The zero-order valence-electron chi connectivity index (χ0n) is 12.9. The molecule has 22 heavy (non-hydrogen) atoms. The van der Waals surface area contributed by atoms with Gasteiger partial charge < -0.3 is 15.4 Å². The van der Waals surface area contributed by atoms with Gasteiger partial charge in [0.2, 0.25) is 5.91 Å². The second kappa shape index (κ2) is 7.18. The molecule has 1 amide bonds. The van der Waals surface area contributed by atoms with Crippen molar-refractivity contribution in [2.45, 2.75) is 13.8 Å². The number of rotatable bonds is 5. The summed E-state index contributed by atoms with van der Waals surface area (Å²) in [6.45, 7) is 4.08. The molecule has 0 atom stereocenters. The zero-order valence-corrected chi connectivity index (χ0v) is 13.6. The summed E-state index contributed by atoms with van der Waals surface area (Å²) in [6, 6.07) is 11.1. The third-order valence-corrected chi connectivity index (χ3v) is 3.51. The number of carbonyl (C=O) groups excluding carboxylic acids is 1. The monoisotopic (exact) mass is 318 g/mol. The summed E-state index contributed by atoms with van der Waals surface area (Å²) < 4.78 is 5.12. The number of ether oxygens (including phenoxy) is 1. The number of aryl methyl sites for hydroxylation is 2. The molecule has 0 aliphatic heterocycles. The summed E-state index contributed by atoms with van der Waals surface area (Å²) in [4.78, 5) is 12.0. The van der Waals surface area contributed by atoms with Crippen LogP contribution in [0.2, 0.25) is 5.02 Å². The highest BCUT2D eigenvalue weighted by Crippen LogP contribution is 2.27. The molecule has 2 rings (SSSR count). The smallest absolute Gasteiger partial charge is 0.243 e. The average molecular weight is 319 g/mol. The van der Waals surface area contributed by atoms with Crippen molar-refractivity contribution in [3.8, 4) is 5.75 Å². The number of amides is 1. The SMILES string of the molecule is COc1cccc(NC(=O)CNc2c(C)cc(C)cc2Cl)c1. The molecule has 2 aromatic rings. The fourth-order valence-corrected chi connectivity index (χ4v) is 2.60. The molecule has 0 aliphatic carbocycles. The topological polar surface area (TPSA) is 50.4 Å². The molecule has 4 nitrogen and oxygen atoms in total. The Morgan fingerprint density at radius 3 is 2.68 bits per heavy atom.